The number of hydrogen-bond acceptors (Lipinski definition) is 7. The fourth-order valence-electron chi connectivity index (χ4n) is 1.66. The highest BCUT2D eigenvalue weighted by Gasteiger charge is 2.14. The van der Waals surface area contributed by atoms with Gasteiger partial charge in [-0.1, -0.05) is 5.16 Å². The predicted molar refractivity (Wildman–Crippen MR) is 66.2 cm³/mol. The van der Waals surface area contributed by atoms with Crippen molar-refractivity contribution in [2.24, 2.45) is 0 Å². The second-order valence-corrected chi connectivity index (χ2v) is 3.95. The van der Waals surface area contributed by atoms with Crippen molar-refractivity contribution in [3.63, 3.8) is 0 Å². The smallest absolute Gasteiger partial charge is 0.227 e. The van der Waals surface area contributed by atoms with Crippen molar-refractivity contribution < 1.29 is 23.9 Å². The molecule has 0 unspecified atom stereocenters. The fraction of sp³-hybridized carbons (Fsp3) is 0.308. The zero-order chi connectivity index (χ0) is 14.5. The van der Waals surface area contributed by atoms with Gasteiger partial charge in [-0.05, 0) is 18.6 Å². The number of carboxylic acid groups (broad SMARTS) is 1. The molecule has 0 bridgehead atoms. The van der Waals surface area contributed by atoms with Gasteiger partial charge in [0, 0.05) is 18.5 Å². The molecule has 0 spiro atoms. The van der Waals surface area contributed by atoms with Crippen LogP contribution >= 0.6 is 0 Å². The highest BCUT2D eigenvalue weighted by atomic mass is 16.5. The van der Waals surface area contributed by atoms with E-state index >= 15 is 0 Å². The van der Waals surface area contributed by atoms with E-state index in [0.29, 0.717) is 22.9 Å². The molecule has 20 heavy (non-hydrogen) atoms. The molecule has 1 aromatic carbocycles. The third-order valence-corrected chi connectivity index (χ3v) is 2.66. The van der Waals surface area contributed by atoms with E-state index in [9.17, 15) is 9.90 Å². The van der Waals surface area contributed by atoms with Crippen LogP contribution in [0.25, 0.3) is 11.4 Å². The van der Waals surface area contributed by atoms with E-state index in [4.69, 9.17) is 14.0 Å². The van der Waals surface area contributed by atoms with Crippen LogP contribution in [0.5, 0.6) is 11.5 Å². The number of hydrogen-bond donors (Lipinski definition) is 0. The normalized spacial score (nSPS) is 10.3. The monoisotopic (exact) mass is 277 g/mol. The minimum absolute atomic E-state index is 0.133. The molecule has 2 rings (SSSR count). The van der Waals surface area contributed by atoms with Gasteiger partial charge in [-0.15, -0.1) is 0 Å². The van der Waals surface area contributed by atoms with Crippen LogP contribution < -0.4 is 14.6 Å². The second kappa shape index (κ2) is 6.05. The summed E-state index contributed by atoms with van der Waals surface area (Å²) in [5, 5.41) is 14.2. The van der Waals surface area contributed by atoms with Gasteiger partial charge in [0.2, 0.25) is 11.7 Å². The zero-order valence-corrected chi connectivity index (χ0v) is 11.1. The quantitative estimate of drug-likeness (QED) is 0.755. The van der Waals surface area contributed by atoms with Crippen molar-refractivity contribution in [1.82, 2.24) is 10.1 Å². The van der Waals surface area contributed by atoms with Crippen LogP contribution in [-0.2, 0) is 11.2 Å². The van der Waals surface area contributed by atoms with Gasteiger partial charge in [-0.3, -0.25) is 0 Å². The molecule has 0 amide bonds. The number of carboxylic acids is 1. The van der Waals surface area contributed by atoms with Crippen molar-refractivity contribution in [2.45, 2.75) is 12.8 Å². The lowest BCUT2D eigenvalue weighted by molar-refractivity contribution is -0.305. The summed E-state index contributed by atoms with van der Waals surface area (Å²) in [6.45, 7) is 0. The number of carbonyl (C=O) groups excluding carboxylic acids is 1. The maximum absolute atomic E-state index is 10.4. The van der Waals surface area contributed by atoms with Crippen molar-refractivity contribution in [3.05, 3.63) is 24.1 Å². The first-order valence-electron chi connectivity index (χ1n) is 5.89. The third-order valence-electron chi connectivity index (χ3n) is 2.66. The van der Waals surface area contributed by atoms with E-state index in [1.807, 2.05) is 0 Å². The molecule has 0 radical (unpaired) electrons. The van der Waals surface area contributed by atoms with Crippen LogP contribution in [0.2, 0.25) is 0 Å². The maximum Gasteiger partial charge on any atom is 0.227 e. The summed E-state index contributed by atoms with van der Waals surface area (Å²) in [6.07, 6.45) is -0.0326. The molecule has 0 fully saturated rings. The van der Waals surface area contributed by atoms with Gasteiger partial charge >= 0.3 is 0 Å². The van der Waals surface area contributed by atoms with Gasteiger partial charge < -0.3 is 23.9 Å². The Kier molecular flexibility index (Phi) is 4.19. The molecular formula is C13H13N2O5-. The number of aryl methyl sites for hydroxylation is 1. The Bertz CT molecular complexity index is 609. The van der Waals surface area contributed by atoms with E-state index in [-0.39, 0.29) is 18.7 Å². The van der Waals surface area contributed by atoms with Gasteiger partial charge in [-0.25, -0.2) is 0 Å². The summed E-state index contributed by atoms with van der Waals surface area (Å²) < 4.78 is 15.3. The first-order chi connectivity index (χ1) is 9.63. The number of rotatable bonds is 6. The van der Waals surface area contributed by atoms with E-state index in [1.54, 1.807) is 25.3 Å². The van der Waals surface area contributed by atoms with Crippen LogP contribution in [0.4, 0.5) is 0 Å². The molecule has 0 aliphatic heterocycles. The Morgan fingerprint density at radius 3 is 2.80 bits per heavy atom. The second-order valence-electron chi connectivity index (χ2n) is 3.95. The third kappa shape index (κ3) is 3.05. The minimum atomic E-state index is -1.16. The highest BCUT2D eigenvalue weighted by Crippen LogP contribution is 2.31. The topological polar surface area (TPSA) is 97.5 Å². The first kappa shape index (κ1) is 13.9. The molecule has 0 saturated carbocycles. The Balaban J connectivity index is 2.25. The van der Waals surface area contributed by atoms with Crippen LogP contribution in [-0.4, -0.2) is 30.3 Å². The molecule has 0 aliphatic rings. The molecule has 1 heterocycles. The van der Waals surface area contributed by atoms with Gasteiger partial charge in [0.25, 0.3) is 0 Å². The van der Waals surface area contributed by atoms with Gasteiger partial charge in [0.15, 0.2) is 0 Å². The molecule has 0 aliphatic carbocycles. The van der Waals surface area contributed by atoms with Crippen LogP contribution in [0.1, 0.15) is 12.3 Å². The molecule has 2 aromatic rings. The SMILES string of the molecule is COc1ccc(-c2noc(CCC(=O)[O-])n2)c(OC)c1. The molecule has 106 valence electrons. The summed E-state index contributed by atoms with van der Waals surface area (Å²) in [5.74, 6) is 0.592. The number of ether oxygens (including phenoxy) is 2. The lowest BCUT2D eigenvalue weighted by Gasteiger charge is -2.07. The summed E-state index contributed by atoms with van der Waals surface area (Å²) in [7, 11) is 3.08. The Hall–Kier alpha value is -2.57. The van der Waals surface area contributed by atoms with E-state index < -0.39 is 5.97 Å². The zero-order valence-electron chi connectivity index (χ0n) is 11.1. The van der Waals surface area contributed by atoms with Gasteiger partial charge in [-0.2, -0.15) is 4.98 Å². The predicted octanol–water partition coefficient (Wildman–Crippen LogP) is 0.436. The number of benzene rings is 1. The van der Waals surface area contributed by atoms with Gasteiger partial charge in [0.1, 0.15) is 11.5 Å². The number of carbonyl (C=O) groups is 1. The number of methoxy groups -OCH3 is 2. The lowest BCUT2D eigenvalue weighted by Crippen LogP contribution is -2.22. The number of nitrogens with zero attached hydrogens (tertiary/aromatic N) is 2. The van der Waals surface area contributed by atoms with Crippen molar-refractivity contribution in [3.8, 4) is 22.9 Å². The molecule has 0 atom stereocenters. The molecule has 1 aromatic heterocycles. The summed E-state index contributed by atoms with van der Waals surface area (Å²) in [4.78, 5) is 14.5. The van der Waals surface area contributed by atoms with Crippen molar-refractivity contribution >= 4 is 5.97 Å². The maximum atomic E-state index is 10.4. The van der Waals surface area contributed by atoms with E-state index in [2.05, 4.69) is 10.1 Å². The lowest BCUT2D eigenvalue weighted by atomic mass is 10.2. The standard InChI is InChI=1S/C13H14N2O5/c1-18-8-3-4-9(10(7-8)19-2)13-14-11(20-15-13)5-6-12(16)17/h3-4,7H,5-6H2,1-2H3,(H,16,17)/p-1. The van der Waals surface area contributed by atoms with Crippen LogP contribution in [0.15, 0.2) is 22.7 Å². The number of aromatic nitrogens is 2. The fourth-order valence-corrected chi connectivity index (χ4v) is 1.66. The van der Waals surface area contributed by atoms with Crippen molar-refractivity contribution in [2.75, 3.05) is 14.2 Å². The van der Waals surface area contributed by atoms with Gasteiger partial charge in [0.05, 0.1) is 19.8 Å². The Labute approximate surface area is 115 Å². The summed E-state index contributed by atoms with van der Waals surface area (Å²) in [6, 6.07) is 5.19. The molecule has 0 saturated heterocycles. The van der Waals surface area contributed by atoms with E-state index in [1.165, 1.54) is 7.11 Å². The first-order valence-corrected chi connectivity index (χ1v) is 5.89. The van der Waals surface area contributed by atoms with Crippen LogP contribution in [0.3, 0.4) is 0 Å². The number of aliphatic carboxylic acids is 1. The molecule has 7 nitrogen and oxygen atoms in total. The van der Waals surface area contributed by atoms with Crippen molar-refractivity contribution in [1.29, 1.82) is 0 Å². The average Bonchev–Trinajstić information content (AvgIpc) is 2.93. The molecule has 7 heteroatoms. The Morgan fingerprint density at radius 2 is 2.15 bits per heavy atom. The average molecular weight is 277 g/mol. The van der Waals surface area contributed by atoms with Crippen LogP contribution in [0, 0.1) is 0 Å². The van der Waals surface area contributed by atoms with E-state index in [0.717, 1.165) is 0 Å². The molecule has 0 N–H and O–H groups in total. The highest BCUT2D eigenvalue weighted by molar-refractivity contribution is 5.66. The Morgan fingerprint density at radius 1 is 1.35 bits per heavy atom. The molecular weight excluding hydrogens is 264 g/mol. The largest absolute Gasteiger partial charge is 0.550 e. The summed E-state index contributed by atoms with van der Waals surface area (Å²) >= 11 is 0. The minimum Gasteiger partial charge on any atom is -0.550 e. The summed E-state index contributed by atoms with van der Waals surface area (Å²) in [5.41, 5.74) is 0.636.